The van der Waals surface area contributed by atoms with E-state index in [1.54, 1.807) is 18.2 Å². The fourth-order valence-corrected chi connectivity index (χ4v) is 4.32. The summed E-state index contributed by atoms with van der Waals surface area (Å²) in [5.41, 5.74) is 3.34. The van der Waals surface area contributed by atoms with E-state index in [9.17, 15) is 9.90 Å². The van der Waals surface area contributed by atoms with Gasteiger partial charge in [0.2, 0.25) is 0 Å². The molecule has 1 heterocycles. The molecule has 0 bridgehead atoms. The average molecular weight is 360 g/mol. The quantitative estimate of drug-likeness (QED) is 0.694. The van der Waals surface area contributed by atoms with Gasteiger partial charge in [-0.15, -0.1) is 0 Å². The Morgan fingerprint density at radius 1 is 1.12 bits per heavy atom. The van der Waals surface area contributed by atoms with Gasteiger partial charge >= 0.3 is 5.97 Å². The minimum absolute atomic E-state index is 0.0675. The Balaban J connectivity index is 1.79. The molecule has 122 valence electrons. The molecule has 0 radical (unpaired) electrons. The second-order valence-electron chi connectivity index (χ2n) is 6.25. The van der Waals surface area contributed by atoms with Crippen LogP contribution in [-0.2, 0) is 0 Å². The van der Waals surface area contributed by atoms with Crippen LogP contribution in [0.2, 0.25) is 10.0 Å². The topological polar surface area (TPSA) is 49.3 Å². The highest BCUT2D eigenvalue weighted by molar-refractivity contribution is 6.35. The van der Waals surface area contributed by atoms with Crippen LogP contribution in [0.25, 0.3) is 0 Å². The molecule has 3 unspecified atom stereocenters. The summed E-state index contributed by atoms with van der Waals surface area (Å²) in [5, 5.41) is 14.1. The zero-order valence-corrected chi connectivity index (χ0v) is 14.2. The van der Waals surface area contributed by atoms with Gasteiger partial charge in [0.15, 0.2) is 0 Å². The Bertz CT molecular complexity index is 862. The van der Waals surface area contributed by atoms with Crippen LogP contribution in [0.3, 0.4) is 0 Å². The summed E-state index contributed by atoms with van der Waals surface area (Å²) < 4.78 is 0. The third kappa shape index (κ3) is 2.48. The van der Waals surface area contributed by atoms with Crippen LogP contribution in [-0.4, -0.2) is 11.1 Å². The highest BCUT2D eigenvalue weighted by atomic mass is 35.5. The van der Waals surface area contributed by atoms with E-state index in [0.717, 1.165) is 23.2 Å². The smallest absolute Gasteiger partial charge is 0.335 e. The molecule has 0 saturated heterocycles. The van der Waals surface area contributed by atoms with Crippen molar-refractivity contribution in [1.82, 2.24) is 0 Å². The third-order valence-electron chi connectivity index (χ3n) is 4.91. The lowest BCUT2D eigenvalue weighted by Gasteiger charge is -2.38. The Morgan fingerprint density at radius 2 is 1.96 bits per heavy atom. The largest absolute Gasteiger partial charge is 0.478 e. The summed E-state index contributed by atoms with van der Waals surface area (Å²) in [6.07, 6.45) is 5.27. The first-order valence-corrected chi connectivity index (χ1v) is 8.55. The Morgan fingerprint density at radius 3 is 2.71 bits per heavy atom. The van der Waals surface area contributed by atoms with Crippen LogP contribution in [0, 0.1) is 5.92 Å². The van der Waals surface area contributed by atoms with Crippen LogP contribution in [0.5, 0.6) is 0 Å². The maximum absolute atomic E-state index is 11.3. The van der Waals surface area contributed by atoms with Crippen molar-refractivity contribution in [3.63, 3.8) is 0 Å². The molecular formula is C19H15Cl2NO2. The highest BCUT2D eigenvalue weighted by Crippen LogP contribution is 2.51. The van der Waals surface area contributed by atoms with Crippen LogP contribution in [0.4, 0.5) is 5.69 Å². The Kier molecular flexibility index (Phi) is 3.78. The number of aromatic carboxylic acids is 1. The number of halogens is 2. The fraction of sp³-hybridized carbons (Fsp3) is 0.211. The van der Waals surface area contributed by atoms with Crippen molar-refractivity contribution in [2.24, 2.45) is 5.92 Å². The zero-order chi connectivity index (χ0) is 16.8. The number of nitrogens with one attached hydrogen (secondary N) is 1. The van der Waals surface area contributed by atoms with E-state index >= 15 is 0 Å². The minimum Gasteiger partial charge on any atom is -0.478 e. The van der Waals surface area contributed by atoms with E-state index in [2.05, 4.69) is 17.5 Å². The number of carboxylic acid groups (broad SMARTS) is 1. The van der Waals surface area contributed by atoms with Gasteiger partial charge in [0.25, 0.3) is 0 Å². The van der Waals surface area contributed by atoms with Gasteiger partial charge in [0.1, 0.15) is 0 Å². The standard InChI is InChI=1S/C19H15Cl2NO2/c20-11-5-6-14(16(21)9-11)18-13-3-1-2-12(13)15-8-10(19(23)24)4-7-17(15)22-18/h1-2,4-9,12-13,18,22H,3H2,(H,23,24). The molecule has 2 aromatic carbocycles. The minimum atomic E-state index is -0.904. The molecule has 4 rings (SSSR count). The molecule has 0 aromatic heterocycles. The number of carboxylic acids is 1. The Hall–Kier alpha value is -1.97. The van der Waals surface area contributed by atoms with Gasteiger partial charge in [-0.3, -0.25) is 0 Å². The average Bonchev–Trinajstić information content (AvgIpc) is 3.04. The van der Waals surface area contributed by atoms with Crippen molar-refractivity contribution in [2.45, 2.75) is 18.4 Å². The molecule has 0 saturated carbocycles. The second kappa shape index (κ2) is 5.83. The van der Waals surface area contributed by atoms with Crippen LogP contribution < -0.4 is 5.32 Å². The van der Waals surface area contributed by atoms with Crippen molar-refractivity contribution < 1.29 is 9.90 Å². The lowest BCUT2D eigenvalue weighted by atomic mass is 9.76. The van der Waals surface area contributed by atoms with E-state index in [1.165, 1.54) is 0 Å². The first kappa shape index (κ1) is 15.6. The van der Waals surface area contributed by atoms with Crippen molar-refractivity contribution in [2.75, 3.05) is 5.32 Å². The number of rotatable bonds is 2. The fourth-order valence-electron chi connectivity index (χ4n) is 3.79. The van der Waals surface area contributed by atoms with Gasteiger partial charge in [0, 0.05) is 21.7 Å². The van der Waals surface area contributed by atoms with Gasteiger partial charge < -0.3 is 10.4 Å². The maximum atomic E-state index is 11.3. The molecule has 1 aliphatic heterocycles. The van der Waals surface area contributed by atoms with Crippen LogP contribution in [0.1, 0.15) is 39.9 Å². The second-order valence-corrected chi connectivity index (χ2v) is 7.09. The number of hydrogen-bond acceptors (Lipinski definition) is 2. The van der Waals surface area contributed by atoms with Crippen molar-refractivity contribution in [3.05, 3.63) is 75.3 Å². The van der Waals surface area contributed by atoms with Gasteiger partial charge in [0.05, 0.1) is 11.6 Å². The van der Waals surface area contributed by atoms with E-state index in [1.807, 2.05) is 18.2 Å². The summed E-state index contributed by atoms with van der Waals surface area (Å²) in [4.78, 5) is 11.3. The van der Waals surface area contributed by atoms with E-state index in [4.69, 9.17) is 23.2 Å². The summed E-state index contributed by atoms with van der Waals surface area (Å²) in [7, 11) is 0. The number of anilines is 1. The first-order chi connectivity index (χ1) is 11.5. The lowest BCUT2D eigenvalue weighted by molar-refractivity contribution is 0.0696. The monoisotopic (exact) mass is 359 g/mol. The summed E-state index contributed by atoms with van der Waals surface area (Å²) in [6, 6.07) is 10.9. The predicted molar refractivity (Wildman–Crippen MR) is 96.2 cm³/mol. The van der Waals surface area contributed by atoms with E-state index < -0.39 is 5.97 Å². The maximum Gasteiger partial charge on any atom is 0.335 e. The van der Waals surface area contributed by atoms with Gasteiger partial charge in [-0.05, 0) is 53.8 Å². The molecule has 2 aromatic rings. The molecule has 1 aliphatic carbocycles. The molecule has 3 atom stereocenters. The molecular weight excluding hydrogens is 345 g/mol. The normalized spacial score (nSPS) is 24.2. The number of carbonyl (C=O) groups is 1. The van der Waals surface area contributed by atoms with Crippen molar-refractivity contribution >= 4 is 34.9 Å². The van der Waals surface area contributed by atoms with Gasteiger partial charge in [-0.2, -0.15) is 0 Å². The first-order valence-electron chi connectivity index (χ1n) is 7.80. The summed E-state index contributed by atoms with van der Waals surface area (Å²) >= 11 is 12.4. The SMILES string of the molecule is O=C(O)c1ccc2c(c1)C1C=CCC1C(c1ccc(Cl)cc1Cl)N2. The summed E-state index contributed by atoms with van der Waals surface area (Å²) in [5.74, 6) is -0.406. The number of hydrogen-bond donors (Lipinski definition) is 2. The van der Waals surface area contributed by atoms with Crippen LogP contribution in [0.15, 0.2) is 48.6 Å². The van der Waals surface area contributed by atoms with Gasteiger partial charge in [-0.25, -0.2) is 4.79 Å². The number of fused-ring (bicyclic) bond motifs is 3. The van der Waals surface area contributed by atoms with Crippen LogP contribution >= 0.6 is 23.2 Å². The zero-order valence-electron chi connectivity index (χ0n) is 12.7. The number of benzene rings is 2. The molecule has 24 heavy (non-hydrogen) atoms. The molecule has 3 nitrogen and oxygen atoms in total. The molecule has 0 amide bonds. The van der Waals surface area contributed by atoms with E-state index in [-0.39, 0.29) is 12.0 Å². The molecule has 0 fully saturated rings. The Labute approximate surface area is 149 Å². The molecule has 2 N–H and O–H groups in total. The van der Waals surface area contributed by atoms with Crippen molar-refractivity contribution in [3.8, 4) is 0 Å². The predicted octanol–water partition coefficient (Wildman–Crippen LogP) is 5.52. The van der Waals surface area contributed by atoms with Gasteiger partial charge in [-0.1, -0.05) is 41.4 Å². The van der Waals surface area contributed by atoms with Crippen molar-refractivity contribution in [1.29, 1.82) is 0 Å². The van der Waals surface area contributed by atoms with E-state index in [0.29, 0.717) is 21.5 Å². The third-order valence-corrected chi connectivity index (χ3v) is 5.47. The molecule has 5 heteroatoms. The number of allylic oxidation sites excluding steroid dienone is 2. The molecule has 2 aliphatic rings. The molecule has 0 spiro atoms. The lowest BCUT2D eigenvalue weighted by Crippen LogP contribution is -2.29. The summed E-state index contributed by atoms with van der Waals surface area (Å²) in [6.45, 7) is 0. The highest BCUT2D eigenvalue weighted by Gasteiger charge is 2.38.